The number of hydrogen-bond donors (Lipinski definition) is 2. The summed E-state index contributed by atoms with van der Waals surface area (Å²) in [6.07, 6.45) is 1.54. The van der Waals surface area contributed by atoms with Crippen LogP contribution in [0.15, 0.2) is 0 Å². The van der Waals surface area contributed by atoms with Crippen molar-refractivity contribution in [2.24, 2.45) is 11.8 Å². The molecule has 1 aliphatic rings. The van der Waals surface area contributed by atoms with Gasteiger partial charge in [0.05, 0.1) is 11.8 Å². The molecular formula is C10H17NO4. The number of carboxylic acid groups (broad SMARTS) is 2. The van der Waals surface area contributed by atoms with Crippen molar-refractivity contribution >= 4 is 11.9 Å². The number of carbonyl (C=O) groups is 2. The van der Waals surface area contributed by atoms with Crippen molar-refractivity contribution in [3.8, 4) is 0 Å². The van der Waals surface area contributed by atoms with E-state index in [0.717, 1.165) is 13.0 Å². The summed E-state index contributed by atoms with van der Waals surface area (Å²) in [6.45, 7) is 3.38. The SMILES string of the molecule is CC(CN1CCCC(C(=O)O)C1)C(=O)O. The molecule has 0 radical (unpaired) electrons. The van der Waals surface area contributed by atoms with Crippen molar-refractivity contribution < 1.29 is 19.8 Å². The van der Waals surface area contributed by atoms with Crippen molar-refractivity contribution in [3.63, 3.8) is 0 Å². The standard InChI is InChI=1S/C10H17NO4/c1-7(9(12)13)5-11-4-2-3-8(6-11)10(14)15/h7-8H,2-6H2,1H3,(H,12,13)(H,14,15). The monoisotopic (exact) mass is 215 g/mol. The van der Waals surface area contributed by atoms with E-state index in [1.54, 1.807) is 6.92 Å². The summed E-state index contributed by atoms with van der Waals surface area (Å²) in [6, 6.07) is 0. The van der Waals surface area contributed by atoms with Crippen molar-refractivity contribution in [3.05, 3.63) is 0 Å². The molecule has 86 valence electrons. The lowest BCUT2D eigenvalue weighted by Crippen LogP contribution is -2.41. The molecule has 2 atom stereocenters. The maximum absolute atomic E-state index is 10.8. The van der Waals surface area contributed by atoms with Gasteiger partial charge in [-0.1, -0.05) is 6.92 Å². The molecule has 15 heavy (non-hydrogen) atoms. The van der Waals surface area contributed by atoms with Crippen LogP contribution in [-0.4, -0.2) is 46.7 Å². The number of piperidine rings is 1. The van der Waals surface area contributed by atoms with Gasteiger partial charge < -0.3 is 15.1 Å². The van der Waals surface area contributed by atoms with Crippen molar-refractivity contribution in [2.75, 3.05) is 19.6 Å². The Kier molecular flexibility index (Phi) is 4.08. The number of carboxylic acids is 2. The smallest absolute Gasteiger partial charge is 0.307 e. The molecule has 2 N–H and O–H groups in total. The summed E-state index contributed by atoms with van der Waals surface area (Å²) in [5.41, 5.74) is 0. The lowest BCUT2D eigenvalue weighted by molar-refractivity contribution is -0.144. The number of nitrogens with zero attached hydrogens (tertiary/aromatic N) is 1. The molecule has 0 aromatic rings. The molecule has 1 fully saturated rings. The van der Waals surface area contributed by atoms with Crippen LogP contribution < -0.4 is 0 Å². The minimum atomic E-state index is -0.826. The van der Waals surface area contributed by atoms with E-state index in [1.807, 2.05) is 4.90 Å². The first-order chi connectivity index (χ1) is 7.00. The molecule has 0 amide bonds. The third kappa shape index (κ3) is 3.51. The molecule has 0 spiro atoms. The normalized spacial score (nSPS) is 24.7. The summed E-state index contributed by atoms with van der Waals surface area (Å²) >= 11 is 0. The topological polar surface area (TPSA) is 77.8 Å². The minimum absolute atomic E-state index is 0.334. The van der Waals surface area contributed by atoms with Crippen LogP contribution in [-0.2, 0) is 9.59 Å². The summed E-state index contributed by atoms with van der Waals surface area (Å²) in [5, 5.41) is 17.6. The van der Waals surface area contributed by atoms with E-state index in [4.69, 9.17) is 10.2 Å². The Hall–Kier alpha value is -1.10. The van der Waals surface area contributed by atoms with Crippen LogP contribution in [0, 0.1) is 11.8 Å². The van der Waals surface area contributed by atoms with Gasteiger partial charge in [-0.05, 0) is 19.4 Å². The fourth-order valence-corrected chi connectivity index (χ4v) is 1.89. The van der Waals surface area contributed by atoms with Gasteiger partial charge in [-0.15, -0.1) is 0 Å². The first kappa shape index (κ1) is 12.0. The largest absolute Gasteiger partial charge is 0.481 e. The highest BCUT2D eigenvalue weighted by atomic mass is 16.4. The van der Waals surface area contributed by atoms with Crippen LogP contribution in [0.5, 0.6) is 0 Å². The number of rotatable bonds is 4. The molecule has 5 heteroatoms. The molecular weight excluding hydrogens is 198 g/mol. The molecule has 0 aliphatic carbocycles. The molecule has 1 saturated heterocycles. The highest BCUT2D eigenvalue weighted by molar-refractivity contribution is 5.70. The van der Waals surface area contributed by atoms with Gasteiger partial charge in [-0.3, -0.25) is 9.59 Å². The van der Waals surface area contributed by atoms with Crippen LogP contribution in [0.4, 0.5) is 0 Å². The molecule has 1 heterocycles. The second-order valence-corrected chi connectivity index (χ2v) is 4.18. The van der Waals surface area contributed by atoms with Crippen LogP contribution in [0.1, 0.15) is 19.8 Å². The molecule has 0 bridgehead atoms. The zero-order valence-electron chi connectivity index (χ0n) is 8.85. The summed E-state index contributed by atoms with van der Waals surface area (Å²) in [7, 11) is 0. The van der Waals surface area contributed by atoms with Crippen LogP contribution in [0.3, 0.4) is 0 Å². The Morgan fingerprint density at radius 2 is 2.13 bits per heavy atom. The number of likely N-dealkylation sites (tertiary alicyclic amines) is 1. The maximum Gasteiger partial charge on any atom is 0.307 e. The van der Waals surface area contributed by atoms with Crippen molar-refractivity contribution in [1.82, 2.24) is 4.90 Å². The molecule has 1 aliphatic heterocycles. The number of aliphatic carboxylic acids is 2. The molecule has 0 aromatic carbocycles. The first-order valence-corrected chi connectivity index (χ1v) is 5.18. The Morgan fingerprint density at radius 1 is 1.47 bits per heavy atom. The van der Waals surface area contributed by atoms with Crippen LogP contribution in [0.25, 0.3) is 0 Å². The van der Waals surface area contributed by atoms with Crippen molar-refractivity contribution in [1.29, 1.82) is 0 Å². The van der Waals surface area contributed by atoms with E-state index in [9.17, 15) is 9.59 Å². The fraction of sp³-hybridized carbons (Fsp3) is 0.800. The lowest BCUT2D eigenvalue weighted by atomic mass is 9.97. The Bertz CT molecular complexity index is 252. The average Bonchev–Trinajstić information content (AvgIpc) is 2.18. The van der Waals surface area contributed by atoms with Gasteiger partial charge >= 0.3 is 11.9 Å². The highest BCUT2D eigenvalue weighted by Crippen LogP contribution is 2.17. The molecule has 5 nitrogen and oxygen atoms in total. The van der Waals surface area contributed by atoms with E-state index >= 15 is 0 Å². The summed E-state index contributed by atoms with van der Waals surface area (Å²) in [5.74, 6) is -2.37. The van der Waals surface area contributed by atoms with Gasteiger partial charge in [0.25, 0.3) is 0 Å². The highest BCUT2D eigenvalue weighted by Gasteiger charge is 2.27. The molecule has 0 saturated carbocycles. The first-order valence-electron chi connectivity index (χ1n) is 5.18. The van der Waals surface area contributed by atoms with Gasteiger partial charge in [0, 0.05) is 13.1 Å². The Morgan fingerprint density at radius 3 is 2.67 bits per heavy atom. The molecule has 0 aromatic heterocycles. The van der Waals surface area contributed by atoms with E-state index in [2.05, 4.69) is 0 Å². The zero-order valence-corrected chi connectivity index (χ0v) is 8.85. The van der Waals surface area contributed by atoms with Gasteiger partial charge in [-0.2, -0.15) is 0 Å². The Balaban J connectivity index is 2.43. The van der Waals surface area contributed by atoms with E-state index in [0.29, 0.717) is 19.5 Å². The van der Waals surface area contributed by atoms with Gasteiger partial charge in [0.15, 0.2) is 0 Å². The van der Waals surface area contributed by atoms with Crippen LogP contribution in [0.2, 0.25) is 0 Å². The zero-order chi connectivity index (χ0) is 11.4. The third-order valence-electron chi connectivity index (χ3n) is 2.81. The van der Waals surface area contributed by atoms with E-state index in [1.165, 1.54) is 0 Å². The predicted octanol–water partition coefficient (Wildman–Crippen LogP) is 0.504. The van der Waals surface area contributed by atoms with Gasteiger partial charge in [0.2, 0.25) is 0 Å². The predicted molar refractivity (Wildman–Crippen MR) is 53.6 cm³/mol. The quantitative estimate of drug-likeness (QED) is 0.714. The maximum atomic E-state index is 10.8. The second-order valence-electron chi connectivity index (χ2n) is 4.18. The lowest BCUT2D eigenvalue weighted by Gasteiger charge is -2.31. The summed E-state index contributed by atoms with van der Waals surface area (Å²) < 4.78 is 0. The van der Waals surface area contributed by atoms with E-state index in [-0.39, 0.29) is 5.92 Å². The Labute approximate surface area is 88.7 Å². The fourth-order valence-electron chi connectivity index (χ4n) is 1.89. The van der Waals surface area contributed by atoms with Crippen LogP contribution >= 0.6 is 0 Å². The number of hydrogen-bond acceptors (Lipinski definition) is 3. The second kappa shape index (κ2) is 5.11. The average molecular weight is 215 g/mol. The van der Waals surface area contributed by atoms with Crippen molar-refractivity contribution in [2.45, 2.75) is 19.8 Å². The van der Waals surface area contributed by atoms with E-state index < -0.39 is 17.9 Å². The summed E-state index contributed by atoms with van der Waals surface area (Å²) in [4.78, 5) is 23.4. The third-order valence-corrected chi connectivity index (χ3v) is 2.81. The molecule has 2 unspecified atom stereocenters. The molecule has 1 rings (SSSR count). The van der Waals surface area contributed by atoms with Gasteiger partial charge in [0.1, 0.15) is 0 Å². The minimum Gasteiger partial charge on any atom is -0.481 e. The van der Waals surface area contributed by atoms with Gasteiger partial charge in [-0.25, -0.2) is 0 Å².